The van der Waals surface area contributed by atoms with Crippen molar-refractivity contribution in [3.05, 3.63) is 89.5 Å². The molecule has 1 heterocycles. The van der Waals surface area contributed by atoms with E-state index in [9.17, 15) is 26.4 Å². The van der Waals surface area contributed by atoms with E-state index in [1.165, 1.54) is 43.4 Å². The highest BCUT2D eigenvalue weighted by Crippen LogP contribution is 2.32. The van der Waals surface area contributed by atoms with Gasteiger partial charge in [-0.25, -0.2) is 8.42 Å². The lowest BCUT2D eigenvalue weighted by Crippen LogP contribution is -2.51. The standard InChI is InChI=1S/C26H26F3N3O4S/c1-30-25(33)24(31-15-18-5-3-4-6-19(18)16-31)17-32(37(2,34)35)21-9-13-23(14-10-21)36-22-11-7-20(8-12-22)26(27,28)29/h3-14,24H,15-17H2,1-2H3,(H,30,33)/t24-/m0/s1. The number of anilines is 1. The van der Waals surface area contributed by atoms with Gasteiger partial charge in [0.15, 0.2) is 0 Å². The van der Waals surface area contributed by atoms with Gasteiger partial charge in [0.25, 0.3) is 0 Å². The highest BCUT2D eigenvalue weighted by Gasteiger charge is 2.34. The van der Waals surface area contributed by atoms with Gasteiger partial charge in [-0.2, -0.15) is 13.2 Å². The zero-order chi connectivity index (χ0) is 26.8. The molecular weight excluding hydrogens is 507 g/mol. The number of hydrogen-bond donors (Lipinski definition) is 1. The highest BCUT2D eigenvalue weighted by atomic mass is 32.2. The van der Waals surface area contributed by atoms with Crippen molar-refractivity contribution < 1.29 is 31.1 Å². The van der Waals surface area contributed by atoms with Gasteiger partial charge in [0, 0.05) is 20.1 Å². The lowest BCUT2D eigenvalue weighted by atomic mass is 10.1. The molecule has 1 aliphatic rings. The number of hydrogen-bond acceptors (Lipinski definition) is 5. The number of carbonyl (C=O) groups is 1. The van der Waals surface area contributed by atoms with Crippen LogP contribution in [-0.2, 0) is 34.1 Å². The molecule has 3 aromatic carbocycles. The van der Waals surface area contributed by atoms with Gasteiger partial charge in [-0.15, -0.1) is 0 Å². The molecule has 1 aliphatic heterocycles. The van der Waals surface area contributed by atoms with Crippen molar-refractivity contribution in [2.24, 2.45) is 0 Å². The van der Waals surface area contributed by atoms with Crippen LogP contribution in [0.4, 0.5) is 18.9 Å². The fourth-order valence-corrected chi connectivity index (χ4v) is 5.15. The number of nitrogens with zero attached hydrogens (tertiary/aromatic N) is 2. The number of alkyl halides is 3. The van der Waals surface area contributed by atoms with Crippen molar-refractivity contribution in [1.29, 1.82) is 0 Å². The van der Waals surface area contributed by atoms with Gasteiger partial charge in [-0.1, -0.05) is 24.3 Å². The summed E-state index contributed by atoms with van der Waals surface area (Å²) in [5.41, 5.74) is 1.72. The van der Waals surface area contributed by atoms with Gasteiger partial charge in [-0.3, -0.25) is 14.0 Å². The van der Waals surface area contributed by atoms with Gasteiger partial charge < -0.3 is 10.1 Å². The van der Waals surface area contributed by atoms with Gasteiger partial charge in [0.2, 0.25) is 15.9 Å². The van der Waals surface area contributed by atoms with Crippen LogP contribution >= 0.6 is 0 Å². The Morgan fingerprint density at radius 3 is 1.95 bits per heavy atom. The molecule has 37 heavy (non-hydrogen) atoms. The van der Waals surface area contributed by atoms with Crippen LogP contribution in [0.15, 0.2) is 72.8 Å². The van der Waals surface area contributed by atoms with Crippen molar-refractivity contribution in [3.63, 3.8) is 0 Å². The molecule has 1 atom stereocenters. The Bertz CT molecular complexity index is 1340. The molecule has 0 bridgehead atoms. The quantitative estimate of drug-likeness (QED) is 0.465. The van der Waals surface area contributed by atoms with Crippen LogP contribution < -0.4 is 14.4 Å². The highest BCUT2D eigenvalue weighted by molar-refractivity contribution is 7.92. The van der Waals surface area contributed by atoms with E-state index in [1.807, 2.05) is 29.2 Å². The summed E-state index contributed by atoms with van der Waals surface area (Å²) in [7, 11) is -2.25. The first-order valence-corrected chi connectivity index (χ1v) is 13.3. The van der Waals surface area contributed by atoms with Crippen molar-refractivity contribution in [3.8, 4) is 11.5 Å². The zero-order valence-electron chi connectivity index (χ0n) is 20.2. The lowest BCUT2D eigenvalue weighted by Gasteiger charge is -2.32. The minimum absolute atomic E-state index is 0.106. The average molecular weight is 534 g/mol. The third kappa shape index (κ3) is 6.23. The number of sulfonamides is 1. The molecule has 0 radical (unpaired) electrons. The molecule has 0 spiro atoms. The predicted octanol–water partition coefficient (Wildman–Crippen LogP) is 4.39. The van der Waals surface area contributed by atoms with Gasteiger partial charge >= 0.3 is 6.18 Å². The van der Waals surface area contributed by atoms with E-state index in [-0.39, 0.29) is 18.2 Å². The molecule has 4 rings (SSSR count). The largest absolute Gasteiger partial charge is 0.457 e. The van der Waals surface area contributed by atoms with Gasteiger partial charge in [0.05, 0.1) is 24.1 Å². The maximum Gasteiger partial charge on any atom is 0.416 e. The van der Waals surface area contributed by atoms with E-state index in [1.54, 1.807) is 0 Å². The summed E-state index contributed by atoms with van der Waals surface area (Å²) in [6, 6.07) is 17.4. The van der Waals surface area contributed by atoms with Crippen LogP contribution in [0, 0.1) is 0 Å². The van der Waals surface area contributed by atoms with Crippen LogP contribution in [0.5, 0.6) is 11.5 Å². The molecule has 3 aromatic rings. The molecule has 7 nitrogen and oxygen atoms in total. The SMILES string of the molecule is CNC(=O)[C@H](CN(c1ccc(Oc2ccc(C(F)(F)F)cc2)cc1)S(C)(=O)=O)N1Cc2ccccc2C1. The Hall–Kier alpha value is -3.57. The molecule has 0 fully saturated rings. The Morgan fingerprint density at radius 2 is 1.49 bits per heavy atom. The van der Waals surface area contributed by atoms with Crippen LogP contribution in [-0.4, -0.2) is 45.1 Å². The molecule has 0 saturated heterocycles. The normalized spacial score (nSPS) is 14.6. The predicted molar refractivity (Wildman–Crippen MR) is 134 cm³/mol. The summed E-state index contributed by atoms with van der Waals surface area (Å²) in [6.07, 6.45) is -3.38. The first-order valence-electron chi connectivity index (χ1n) is 11.4. The summed E-state index contributed by atoms with van der Waals surface area (Å²) in [5, 5.41) is 2.63. The zero-order valence-corrected chi connectivity index (χ0v) is 21.0. The molecule has 0 saturated carbocycles. The minimum atomic E-state index is -4.44. The second-order valence-electron chi connectivity index (χ2n) is 8.72. The van der Waals surface area contributed by atoms with Crippen LogP contribution in [0.1, 0.15) is 16.7 Å². The summed E-state index contributed by atoms with van der Waals surface area (Å²) in [4.78, 5) is 14.8. The second kappa shape index (κ2) is 10.4. The fourth-order valence-electron chi connectivity index (χ4n) is 4.23. The van der Waals surface area contributed by atoms with Crippen molar-refractivity contribution in [2.75, 3.05) is 24.2 Å². The minimum Gasteiger partial charge on any atom is -0.457 e. The summed E-state index contributed by atoms with van der Waals surface area (Å²) in [6.45, 7) is 0.934. The monoisotopic (exact) mass is 533 g/mol. The summed E-state index contributed by atoms with van der Waals surface area (Å²) < 4.78 is 70.6. The van der Waals surface area contributed by atoms with E-state index in [0.717, 1.165) is 33.8 Å². The molecule has 1 amide bonds. The number of likely N-dealkylation sites (N-methyl/N-ethyl adjacent to an activating group) is 1. The average Bonchev–Trinajstić information content (AvgIpc) is 3.28. The lowest BCUT2D eigenvalue weighted by molar-refractivity contribution is -0.137. The number of nitrogens with one attached hydrogen (secondary N) is 1. The Kier molecular flexibility index (Phi) is 7.47. The van der Waals surface area contributed by atoms with E-state index >= 15 is 0 Å². The molecule has 0 unspecified atom stereocenters. The van der Waals surface area contributed by atoms with E-state index < -0.39 is 27.8 Å². The first kappa shape index (κ1) is 26.5. The van der Waals surface area contributed by atoms with E-state index in [0.29, 0.717) is 24.5 Å². The van der Waals surface area contributed by atoms with E-state index in [2.05, 4.69) is 5.32 Å². The number of halogens is 3. The second-order valence-corrected chi connectivity index (χ2v) is 10.6. The van der Waals surface area contributed by atoms with Gasteiger partial charge in [0.1, 0.15) is 17.5 Å². The molecule has 0 aliphatic carbocycles. The van der Waals surface area contributed by atoms with Crippen LogP contribution in [0.25, 0.3) is 0 Å². The smallest absolute Gasteiger partial charge is 0.416 e. The molecule has 11 heteroatoms. The number of ether oxygens (including phenoxy) is 1. The number of rotatable bonds is 8. The summed E-state index contributed by atoms with van der Waals surface area (Å²) in [5.74, 6) is 0.215. The molecule has 196 valence electrons. The topological polar surface area (TPSA) is 79.0 Å². The van der Waals surface area contributed by atoms with Gasteiger partial charge in [-0.05, 0) is 59.7 Å². The van der Waals surface area contributed by atoms with Crippen molar-refractivity contribution >= 4 is 21.6 Å². The number of fused-ring (bicyclic) bond motifs is 1. The summed E-state index contributed by atoms with van der Waals surface area (Å²) >= 11 is 0. The first-order chi connectivity index (χ1) is 17.5. The van der Waals surface area contributed by atoms with Crippen molar-refractivity contribution in [1.82, 2.24) is 10.2 Å². The Balaban J connectivity index is 1.53. The molecule has 0 aromatic heterocycles. The maximum atomic E-state index is 12.8. The van der Waals surface area contributed by atoms with Crippen LogP contribution in [0.3, 0.4) is 0 Å². The maximum absolute atomic E-state index is 12.8. The third-order valence-corrected chi connectivity index (χ3v) is 7.30. The van der Waals surface area contributed by atoms with Crippen LogP contribution in [0.2, 0.25) is 0 Å². The Morgan fingerprint density at radius 1 is 0.973 bits per heavy atom. The third-order valence-electron chi connectivity index (χ3n) is 6.14. The van der Waals surface area contributed by atoms with E-state index in [4.69, 9.17) is 4.74 Å². The molecule has 1 N–H and O–H groups in total. The fraction of sp³-hybridized carbons (Fsp3) is 0.269. The Labute approximate surface area is 213 Å². The molecular formula is C26H26F3N3O4S. The number of benzene rings is 3. The number of carbonyl (C=O) groups excluding carboxylic acids is 1. The van der Waals surface area contributed by atoms with Crippen molar-refractivity contribution in [2.45, 2.75) is 25.3 Å². The number of amides is 1.